The Kier molecular flexibility index (Phi) is 3.07. The van der Waals surface area contributed by atoms with Gasteiger partial charge >= 0.3 is 0 Å². The van der Waals surface area contributed by atoms with E-state index in [9.17, 15) is 0 Å². The number of ether oxygens (including phenoxy) is 1. The first kappa shape index (κ1) is 10.6. The summed E-state index contributed by atoms with van der Waals surface area (Å²) in [4.78, 5) is 9.09. The number of nitrogens with zero attached hydrogens (tertiary/aromatic N) is 2. The Morgan fingerprint density at radius 2 is 2.33 bits per heavy atom. The standard InChI is InChI=1S/C10H11ClN2OS/c1-3-6(2)14-8-7-4-5-15-9(7)13-10(11)12-8/h4-6H,3H2,1-2H3. The smallest absolute Gasteiger partial charge is 0.227 e. The molecule has 5 heteroatoms. The highest BCUT2D eigenvalue weighted by atomic mass is 35.5. The predicted octanol–water partition coefficient (Wildman–Crippen LogP) is 3.52. The monoisotopic (exact) mass is 242 g/mol. The Labute approximate surface area is 97.1 Å². The van der Waals surface area contributed by atoms with Gasteiger partial charge in [-0.2, -0.15) is 4.98 Å². The van der Waals surface area contributed by atoms with Crippen LogP contribution in [0.15, 0.2) is 11.4 Å². The second kappa shape index (κ2) is 4.33. The number of fused-ring (bicyclic) bond motifs is 1. The van der Waals surface area contributed by atoms with Gasteiger partial charge in [-0.05, 0) is 36.4 Å². The van der Waals surface area contributed by atoms with E-state index in [2.05, 4.69) is 16.9 Å². The van der Waals surface area contributed by atoms with Gasteiger partial charge in [-0.25, -0.2) is 4.98 Å². The number of hydrogen-bond acceptors (Lipinski definition) is 4. The summed E-state index contributed by atoms with van der Waals surface area (Å²) >= 11 is 7.35. The highest BCUT2D eigenvalue weighted by Crippen LogP contribution is 2.28. The van der Waals surface area contributed by atoms with Gasteiger partial charge in [0.15, 0.2) is 0 Å². The van der Waals surface area contributed by atoms with Crippen molar-refractivity contribution in [1.82, 2.24) is 9.97 Å². The Hall–Kier alpha value is -0.870. The zero-order valence-corrected chi connectivity index (χ0v) is 10.1. The zero-order valence-electron chi connectivity index (χ0n) is 8.53. The van der Waals surface area contributed by atoms with E-state index in [1.807, 2.05) is 18.4 Å². The van der Waals surface area contributed by atoms with Crippen molar-refractivity contribution in [3.05, 3.63) is 16.7 Å². The molecule has 0 spiro atoms. The van der Waals surface area contributed by atoms with Gasteiger partial charge in [0.05, 0.1) is 11.5 Å². The molecule has 80 valence electrons. The molecule has 2 aromatic rings. The lowest BCUT2D eigenvalue weighted by Gasteiger charge is -2.11. The van der Waals surface area contributed by atoms with E-state index in [1.54, 1.807) is 0 Å². The van der Waals surface area contributed by atoms with Crippen molar-refractivity contribution in [2.24, 2.45) is 0 Å². The topological polar surface area (TPSA) is 35.0 Å². The van der Waals surface area contributed by atoms with Crippen molar-refractivity contribution in [3.8, 4) is 5.88 Å². The lowest BCUT2D eigenvalue weighted by Crippen LogP contribution is -2.11. The molecule has 15 heavy (non-hydrogen) atoms. The Morgan fingerprint density at radius 3 is 3.07 bits per heavy atom. The molecule has 2 heterocycles. The molecule has 0 amide bonds. The minimum Gasteiger partial charge on any atom is -0.474 e. The molecule has 0 aliphatic rings. The fourth-order valence-electron chi connectivity index (χ4n) is 1.17. The van der Waals surface area contributed by atoms with E-state index in [4.69, 9.17) is 16.3 Å². The zero-order chi connectivity index (χ0) is 10.8. The molecular weight excluding hydrogens is 232 g/mol. The van der Waals surface area contributed by atoms with Crippen LogP contribution in [0.1, 0.15) is 20.3 Å². The summed E-state index contributed by atoms with van der Waals surface area (Å²) in [5.74, 6) is 0.584. The van der Waals surface area contributed by atoms with Crippen LogP contribution in [-0.4, -0.2) is 16.1 Å². The second-order valence-corrected chi connectivity index (χ2v) is 4.51. The fourth-order valence-corrected chi connectivity index (χ4v) is 2.13. The summed E-state index contributed by atoms with van der Waals surface area (Å²) in [7, 11) is 0. The van der Waals surface area contributed by atoms with Crippen molar-refractivity contribution in [2.75, 3.05) is 0 Å². The van der Waals surface area contributed by atoms with Crippen LogP contribution in [0.5, 0.6) is 5.88 Å². The van der Waals surface area contributed by atoms with Gasteiger partial charge in [-0.1, -0.05) is 6.92 Å². The summed E-state index contributed by atoms with van der Waals surface area (Å²) in [6.45, 7) is 4.08. The molecule has 0 saturated carbocycles. The average molecular weight is 243 g/mol. The number of rotatable bonds is 3. The van der Waals surface area contributed by atoms with Crippen LogP contribution in [0.25, 0.3) is 10.2 Å². The van der Waals surface area contributed by atoms with Gasteiger partial charge < -0.3 is 4.74 Å². The van der Waals surface area contributed by atoms with Gasteiger partial charge in [0.2, 0.25) is 11.2 Å². The van der Waals surface area contributed by atoms with Crippen LogP contribution < -0.4 is 4.74 Å². The SMILES string of the molecule is CCC(C)Oc1nc(Cl)nc2sccc12. The average Bonchev–Trinajstić information content (AvgIpc) is 2.65. The lowest BCUT2D eigenvalue weighted by molar-refractivity contribution is 0.211. The van der Waals surface area contributed by atoms with Crippen molar-refractivity contribution >= 4 is 33.2 Å². The largest absolute Gasteiger partial charge is 0.474 e. The first-order valence-corrected chi connectivity index (χ1v) is 6.04. The molecule has 0 fully saturated rings. The normalized spacial score (nSPS) is 13.0. The van der Waals surface area contributed by atoms with Crippen molar-refractivity contribution in [1.29, 1.82) is 0 Å². The third-order valence-electron chi connectivity index (χ3n) is 2.15. The maximum Gasteiger partial charge on any atom is 0.227 e. The van der Waals surface area contributed by atoms with Crippen LogP contribution in [-0.2, 0) is 0 Å². The van der Waals surface area contributed by atoms with Crippen LogP contribution in [0.2, 0.25) is 5.28 Å². The molecule has 0 radical (unpaired) electrons. The van der Waals surface area contributed by atoms with E-state index in [-0.39, 0.29) is 11.4 Å². The summed E-state index contributed by atoms with van der Waals surface area (Å²) in [5, 5.41) is 3.13. The maximum atomic E-state index is 5.81. The van der Waals surface area contributed by atoms with E-state index in [0.29, 0.717) is 5.88 Å². The third kappa shape index (κ3) is 2.21. The van der Waals surface area contributed by atoms with Gasteiger partial charge in [-0.15, -0.1) is 11.3 Å². The highest BCUT2D eigenvalue weighted by Gasteiger charge is 2.11. The quantitative estimate of drug-likeness (QED) is 0.773. The van der Waals surface area contributed by atoms with Crippen LogP contribution in [0, 0.1) is 0 Å². The van der Waals surface area contributed by atoms with E-state index in [0.717, 1.165) is 16.6 Å². The molecule has 1 atom stereocenters. The molecule has 0 saturated heterocycles. The fraction of sp³-hybridized carbons (Fsp3) is 0.400. The predicted molar refractivity (Wildman–Crippen MR) is 62.8 cm³/mol. The second-order valence-electron chi connectivity index (χ2n) is 3.27. The molecule has 0 aliphatic carbocycles. The lowest BCUT2D eigenvalue weighted by atomic mass is 10.3. The maximum absolute atomic E-state index is 5.81. The first-order valence-electron chi connectivity index (χ1n) is 4.78. The third-order valence-corrected chi connectivity index (χ3v) is 3.13. The van der Waals surface area contributed by atoms with E-state index in [1.165, 1.54) is 11.3 Å². The number of thiophene rings is 1. The van der Waals surface area contributed by atoms with Gasteiger partial charge in [0, 0.05) is 0 Å². The molecule has 3 nitrogen and oxygen atoms in total. The van der Waals surface area contributed by atoms with Gasteiger partial charge in [-0.3, -0.25) is 0 Å². The molecule has 0 aromatic carbocycles. The summed E-state index contributed by atoms with van der Waals surface area (Å²) in [6, 6.07) is 1.95. The molecule has 0 N–H and O–H groups in total. The molecule has 0 aliphatic heterocycles. The van der Waals surface area contributed by atoms with E-state index < -0.39 is 0 Å². The van der Waals surface area contributed by atoms with Crippen molar-refractivity contribution < 1.29 is 4.74 Å². The molecule has 0 bridgehead atoms. The Balaban J connectivity index is 2.44. The molecular formula is C10H11ClN2OS. The Morgan fingerprint density at radius 1 is 1.53 bits per heavy atom. The van der Waals surface area contributed by atoms with Gasteiger partial charge in [0.1, 0.15) is 4.83 Å². The molecule has 2 aromatic heterocycles. The summed E-state index contributed by atoms with van der Waals surface area (Å²) in [5.41, 5.74) is 0. The number of hydrogen-bond donors (Lipinski definition) is 0. The number of halogens is 1. The van der Waals surface area contributed by atoms with Gasteiger partial charge in [0.25, 0.3) is 0 Å². The molecule has 2 rings (SSSR count). The van der Waals surface area contributed by atoms with Crippen LogP contribution in [0.3, 0.4) is 0 Å². The van der Waals surface area contributed by atoms with Crippen molar-refractivity contribution in [3.63, 3.8) is 0 Å². The highest BCUT2D eigenvalue weighted by molar-refractivity contribution is 7.16. The first-order chi connectivity index (χ1) is 7.20. The summed E-state index contributed by atoms with van der Waals surface area (Å²) in [6.07, 6.45) is 1.08. The van der Waals surface area contributed by atoms with E-state index >= 15 is 0 Å². The summed E-state index contributed by atoms with van der Waals surface area (Å²) < 4.78 is 5.69. The molecule has 1 unspecified atom stereocenters. The minimum absolute atomic E-state index is 0.138. The van der Waals surface area contributed by atoms with Crippen LogP contribution in [0.4, 0.5) is 0 Å². The van der Waals surface area contributed by atoms with Crippen LogP contribution >= 0.6 is 22.9 Å². The number of aromatic nitrogens is 2. The van der Waals surface area contributed by atoms with Crippen molar-refractivity contribution in [2.45, 2.75) is 26.4 Å². The minimum atomic E-state index is 0.138. The Bertz CT molecular complexity index is 471.